The van der Waals surface area contributed by atoms with E-state index in [9.17, 15) is 9.59 Å². The molecule has 1 atom stereocenters. The highest BCUT2D eigenvalue weighted by Gasteiger charge is 2.36. The molecule has 0 spiro atoms. The molecule has 0 bridgehead atoms. The summed E-state index contributed by atoms with van der Waals surface area (Å²) >= 11 is 0. The lowest BCUT2D eigenvalue weighted by molar-refractivity contribution is -0.147. The van der Waals surface area contributed by atoms with Gasteiger partial charge in [-0.05, 0) is 27.7 Å². The molecule has 0 aliphatic rings. The van der Waals surface area contributed by atoms with Gasteiger partial charge in [0.25, 0.3) is 0 Å². The van der Waals surface area contributed by atoms with Crippen LogP contribution in [0.4, 0.5) is 4.79 Å². The Morgan fingerprint density at radius 2 is 1.82 bits per heavy atom. The summed E-state index contributed by atoms with van der Waals surface area (Å²) in [6.07, 6.45) is 4.48. The van der Waals surface area contributed by atoms with Crippen LogP contribution in [0.15, 0.2) is 0 Å². The summed E-state index contributed by atoms with van der Waals surface area (Å²) in [4.78, 5) is 23.1. The van der Waals surface area contributed by atoms with Gasteiger partial charge in [0, 0.05) is 6.42 Å². The maximum atomic E-state index is 11.6. The van der Waals surface area contributed by atoms with Crippen molar-refractivity contribution in [1.29, 1.82) is 0 Å². The molecule has 0 aliphatic heterocycles. The van der Waals surface area contributed by atoms with Gasteiger partial charge in [-0.25, -0.2) is 9.59 Å². The molecule has 0 unspecified atom stereocenters. The van der Waals surface area contributed by atoms with E-state index in [1.54, 1.807) is 20.8 Å². The second-order valence-corrected chi connectivity index (χ2v) is 4.83. The molecule has 0 aromatic carbocycles. The molecular weight excluding hydrogens is 222 g/mol. The topological polar surface area (TPSA) is 64.6 Å². The quantitative estimate of drug-likeness (QED) is 0.600. The van der Waals surface area contributed by atoms with Gasteiger partial charge in [0.15, 0.2) is 0 Å². The molecule has 1 N–H and O–H groups in total. The van der Waals surface area contributed by atoms with E-state index < -0.39 is 23.2 Å². The van der Waals surface area contributed by atoms with E-state index in [4.69, 9.17) is 11.2 Å². The Bertz CT molecular complexity index is 337. The summed E-state index contributed by atoms with van der Waals surface area (Å²) in [6.45, 7) is 6.67. The van der Waals surface area contributed by atoms with Gasteiger partial charge in [-0.3, -0.25) is 0 Å². The van der Waals surface area contributed by atoms with Gasteiger partial charge >= 0.3 is 12.1 Å². The Balaban J connectivity index is 4.73. The van der Waals surface area contributed by atoms with Crippen molar-refractivity contribution in [3.63, 3.8) is 0 Å². The van der Waals surface area contributed by atoms with Crippen molar-refractivity contribution in [3.05, 3.63) is 0 Å². The van der Waals surface area contributed by atoms with Crippen LogP contribution in [0.1, 0.15) is 34.1 Å². The first-order chi connectivity index (χ1) is 7.64. The zero-order valence-electron chi connectivity index (χ0n) is 10.9. The smallest absolute Gasteiger partial charge is 0.408 e. The fourth-order valence-electron chi connectivity index (χ4n) is 1.13. The number of methoxy groups -OCH3 is 1. The largest absolute Gasteiger partial charge is 0.467 e. The van der Waals surface area contributed by atoms with Crippen LogP contribution in [-0.4, -0.2) is 30.3 Å². The SMILES string of the molecule is C#CC[C@@](C)(NC(=O)OC(C)(C)C)C(=O)OC. The van der Waals surface area contributed by atoms with E-state index in [2.05, 4.69) is 16.0 Å². The van der Waals surface area contributed by atoms with Gasteiger partial charge in [-0.15, -0.1) is 12.3 Å². The highest BCUT2D eigenvalue weighted by atomic mass is 16.6. The number of alkyl carbamates (subject to hydrolysis) is 1. The zero-order chi connectivity index (χ0) is 13.7. The number of carbonyl (C=O) groups is 2. The molecule has 1 amide bonds. The standard InChI is InChI=1S/C12H19NO4/c1-7-8-12(5,9(14)16-6)13-10(15)17-11(2,3)4/h1H,8H2,2-6H3,(H,13,15)/t12-/m1/s1. The first kappa shape index (κ1) is 15.3. The lowest BCUT2D eigenvalue weighted by atomic mass is 9.99. The maximum absolute atomic E-state index is 11.6. The highest BCUT2D eigenvalue weighted by Crippen LogP contribution is 2.14. The molecule has 5 heteroatoms. The normalized spacial score (nSPS) is 14.1. The minimum atomic E-state index is -1.27. The summed E-state index contributed by atoms with van der Waals surface area (Å²) < 4.78 is 9.64. The van der Waals surface area contributed by atoms with Gasteiger partial charge in [0.2, 0.25) is 0 Å². The Morgan fingerprint density at radius 1 is 1.29 bits per heavy atom. The van der Waals surface area contributed by atoms with Crippen molar-refractivity contribution in [3.8, 4) is 12.3 Å². The number of rotatable bonds is 3. The van der Waals surface area contributed by atoms with Crippen molar-refractivity contribution in [2.75, 3.05) is 7.11 Å². The van der Waals surface area contributed by atoms with E-state index in [1.165, 1.54) is 14.0 Å². The van der Waals surface area contributed by atoms with Crippen molar-refractivity contribution >= 4 is 12.1 Å². The second-order valence-electron chi connectivity index (χ2n) is 4.83. The number of esters is 1. The number of ether oxygens (including phenoxy) is 2. The minimum Gasteiger partial charge on any atom is -0.467 e. The molecule has 0 saturated carbocycles. The number of terminal acetylenes is 1. The average molecular weight is 241 g/mol. The molecule has 0 aliphatic carbocycles. The number of hydrogen-bond donors (Lipinski definition) is 1. The van der Waals surface area contributed by atoms with Crippen LogP contribution in [0.2, 0.25) is 0 Å². The lowest BCUT2D eigenvalue weighted by Gasteiger charge is -2.28. The van der Waals surface area contributed by atoms with Gasteiger partial charge in [-0.1, -0.05) is 0 Å². The fourth-order valence-corrected chi connectivity index (χ4v) is 1.13. The van der Waals surface area contributed by atoms with Crippen molar-refractivity contribution in [2.24, 2.45) is 0 Å². The van der Waals surface area contributed by atoms with Crippen LogP contribution < -0.4 is 5.32 Å². The van der Waals surface area contributed by atoms with Gasteiger partial charge in [-0.2, -0.15) is 0 Å². The Kier molecular flexibility index (Phi) is 5.02. The number of amides is 1. The van der Waals surface area contributed by atoms with Gasteiger partial charge < -0.3 is 14.8 Å². The van der Waals surface area contributed by atoms with E-state index in [-0.39, 0.29) is 6.42 Å². The number of nitrogens with one attached hydrogen (secondary N) is 1. The molecule has 96 valence electrons. The van der Waals surface area contributed by atoms with Crippen molar-refractivity contribution in [2.45, 2.75) is 45.3 Å². The Morgan fingerprint density at radius 3 is 2.18 bits per heavy atom. The third-order valence-electron chi connectivity index (χ3n) is 1.87. The summed E-state index contributed by atoms with van der Waals surface area (Å²) in [5, 5.41) is 2.42. The molecule has 0 radical (unpaired) electrons. The predicted octanol–water partition coefficient (Wildman–Crippen LogP) is 1.47. The first-order valence-electron chi connectivity index (χ1n) is 5.17. The molecule has 5 nitrogen and oxygen atoms in total. The summed E-state index contributed by atoms with van der Waals surface area (Å²) in [5.74, 6) is 1.71. The molecule has 0 aromatic rings. The van der Waals surface area contributed by atoms with Crippen LogP contribution in [0.5, 0.6) is 0 Å². The van der Waals surface area contributed by atoms with E-state index >= 15 is 0 Å². The minimum absolute atomic E-state index is 0.0267. The molecule has 0 rings (SSSR count). The van der Waals surface area contributed by atoms with Gasteiger partial charge in [0.05, 0.1) is 7.11 Å². The number of hydrogen-bond acceptors (Lipinski definition) is 4. The summed E-state index contributed by atoms with van der Waals surface area (Å²) in [6, 6.07) is 0. The van der Waals surface area contributed by atoms with Gasteiger partial charge in [0.1, 0.15) is 11.1 Å². The maximum Gasteiger partial charge on any atom is 0.408 e. The van der Waals surface area contributed by atoms with Crippen LogP contribution in [0.3, 0.4) is 0 Å². The van der Waals surface area contributed by atoms with Crippen molar-refractivity contribution < 1.29 is 19.1 Å². The lowest BCUT2D eigenvalue weighted by Crippen LogP contribution is -2.53. The molecule has 0 heterocycles. The third-order valence-corrected chi connectivity index (χ3v) is 1.87. The van der Waals surface area contributed by atoms with E-state index in [1.807, 2.05) is 0 Å². The van der Waals surface area contributed by atoms with Crippen LogP contribution in [0.25, 0.3) is 0 Å². The molecule has 0 aromatic heterocycles. The van der Waals surface area contributed by atoms with Crippen LogP contribution >= 0.6 is 0 Å². The first-order valence-corrected chi connectivity index (χ1v) is 5.17. The molecule has 17 heavy (non-hydrogen) atoms. The molecule has 0 fully saturated rings. The number of carbonyl (C=O) groups excluding carboxylic acids is 2. The van der Waals surface area contributed by atoms with Crippen LogP contribution in [-0.2, 0) is 14.3 Å². The molecule has 0 saturated heterocycles. The monoisotopic (exact) mass is 241 g/mol. The van der Waals surface area contributed by atoms with E-state index in [0.29, 0.717) is 0 Å². The zero-order valence-corrected chi connectivity index (χ0v) is 10.9. The summed E-state index contributed by atoms with van der Waals surface area (Å²) in [5.41, 5.74) is -1.91. The Labute approximate surface area is 102 Å². The van der Waals surface area contributed by atoms with E-state index in [0.717, 1.165) is 0 Å². The summed E-state index contributed by atoms with van der Waals surface area (Å²) in [7, 11) is 1.23. The average Bonchev–Trinajstić information content (AvgIpc) is 2.13. The van der Waals surface area contributed by atoms with Crippen molar-refractivity contribution in [1.82, 2.24) is 5.32 Å². The highest BCUT2D eigenvalue weighted by molar-refractivity contribution is 5.85. The third kappa shape index (κ3) is 5.25. The fraction of sp³-hybridized carbons (Fsp3) is 0.667. The molecular formula is C12H19NO4. The van der Waals surface area contributed by atoms with Crippen LogP contribution in [0, 0.1) is 12.3 Å². The Hall–Kier alpha value is -1.70. The second kappa shape index (κ2) is 5.58. The predicted molar refractivity (Wildman–Crippen MR) is 63.2 cm³/mol.